The smallest absolute Gasteiger partial charge is 0.234 e. The molecule has 0 radical (unpaired) electrons. The maximum absolute atomic E-state index is 11.9. The van der Waals surface area contributed by atoms with Gasteiger partial charge in [0.25, 0.3) is 0 Å². The first-order valence-corrected chi connectivity index (χ1v) is 7.68. The first kappa shape index (κ1) is 22.9. The molecular weight excluding hydrogens is 353 g/mol. The summed E-state index contributed by atoms with van der Waals surface area (Å²) in [5, 5.41) is 6.23. The second-order valence-corrected chi connectivity index (χ2v) is 5.29. The molecule has 0 unspecified atom stereocenters. The quantitative estimate of drug-likeness (QED) is 0.661. The minimum atomic E-state index is 0. The number of amides is 1. The molecule has 6 nitrogen and oxygen atoms in total. The molecule has 1 aliphatic rings. The van der Waals surface area contributed by atoms with Gasteiger partial charge in [-0.3, -0.25) is 9.69 Å². The SMILES string of the molecule is COCCOc1ccc(CNC(=O)CN2CCNCC2)cc1.Cl.Cl. The summed E-state index contributed by atoms with van der Waals surface area (Å²) < 4.78 is 10.4. The number of benzene rings is 1. The van der Waals surface area contributed by atoms with E-state index in [1.54, 1.807) is 7.11 Å². The summed E-state index contributed by atoms with van der Waals surface area (Å²) in [5.74, 6) is 0.885. The third kappa shape index (κ3) is 8.70. The largest absolute Gasteiger partial charge is 0.491 e. The van der Waals surface area contributed by atoms with Crippen molar-refractivity contribution in [1.29, 1.82) is 0 Å². The molecular formula is C16H27Cl2N3O3. The zero-order chi connectivity index (χ0) is 15.6. The van der Waals surface area contributed by atoms with E-state index in [0.717, 1.165) is 37.5 Å². The Kier molecular flexibility index (Phi) is 12.7. The van der Waals surface area contributed by atoms with Gasteiger partial charge in [0.2, 0.25) is 5.91 Å². The van der Waals surface area contributed by atoms with Crippen LogP contribution in [0.15, 0.2) is 24.3 Å². The lowest BCUT2D eigenvalue weighted by atomic mass is 10.2. The number of piperazine rings is 1. The van der Waals surface area contributed by atoms with Crippen LogP contribution in [-0.4, -0.2) is 63.9 Å². The Balaban J connectivity index is 0.00000264. The Bertz CT molecular complexity index is 454. The summed E-state index contributed by atoms with van der Waals surface area (Å²) in [6.45, 7) is 5.90. The molecule has 1 amide bonds. The summed E-state index contributed by atoms with van der Waals surface area (Å²) in [6, 6.07) is 7.75. The van der Waals surface area contributed by atoms with Crippen LogP contribution in [0, 0.1) is 0 Å². The van der Waals surface area contributed by atoms with E-state index in [1.807, 2.05) is 24.3 Å². The number of halogens is 2. The molecule has 1 aromatic carbocycles. The first-order chi connectivity index (χ1) is 10.8. The number of rotatable bonds is 8. The third-order valence-corrected chi connectivity index (χ3v) is 3.55. The van der Waals surface area contributed by atoms with Gasteiger partial charge in [-0.05, 0) is 17.7 Å². The monoisotopic (exact) mass is 379 g/mol. The van der Waals surface area contributed by atoms with Crippen molar-refractivity contribution in [3.8, 4) is 5.75 Å². The van der Waals surface area contributed by atoms with Crippen LogP contribution in [0.3, 0.4) is 0 Å². The van der Waals surface area contributed by atoms with Crippen molar-refractivity contribution in [2.45, 2.75) is 6.54 Å². The molecule has 1 fully saturated rings. The van der Waals surface area contributed by atoms with Crippen LogP contribution >= 0.6 is 24.8 Å². The summed E-state index contributed by atoms with van der Waals surface area (Å²) in [5.41, 5.74) is 1.06. The highest BCUT2D eigenvalue weighted by atomic mass is 35.5. The van der Waals surface area contributed by atoms with Gasteiger partial charge in [0.05, 0.1) is 13.2 Å². The average molecular weight is 380 g/mol. The van der Waals surface area contributed by atoms with Crippen molar-refractivity contribution < 1.29 is 14.3 Å². The second kappa shape index (κ2) is 13.3. The van der Waals surface area contributed by atoms with E-state index in [-0.39, 0.29) is 30.7 Å². The van der Waals surface area contributed by atoms with Crippen LogP contribution in [0.5, 0.6) is 5.75 Å². The van der Waals surface area contributed by atoms with Gasteiger partial charge in [-0.1, -0.05) is 12.1 Å². The predicted octanol–water partition coefficient (Wildman–Crippen LogP) is 1.08. The zero-order valence-electron chi connectivity index (χ0n) is 14.0. The van der Waals surface area contributed by atoms with E-state index >= 15 is 0 Å². The van der Waals surface area contributed by atoms with E-state index < -0.39 is 0 Å². The van der Waals surface area contributed by atoms with Gasteiger partial charge in [-0.25, -0.2) is 0 Å². The maximum atomic E-state index is 11.9. The van der Waals surface area contributed by atoms with Gasteiger partial charge in [0.1, 0.15) is 12.4 Å². The molecule has 0 aromatic heterocycles. The molecule has 2 N–H and O–H groups in total. The Labute approximate surface area is 156 Å². The van der Waals surface area contributed by atoms with Crippen LogP contribution in [0.1, 0.15) is 5.56 Å². The van der Waals surface area contributed by atoms with Gasteiger partial charge in [-0.2, -0.15) is 0 Å². The molecule has 1 aliphatic heterocycles. The second-order valence-electron chi connectivity index (χ2n) is 5.29. The van der Waals surface area contributed by atoms with Crippen molar-refractivity contribution in [2.24, 2.45) is 0 Å². The topological polar surface area (TPSA) is 62.8 Å². The van der Waals surface area contributed by atoms with Crippen LogP contribution in [0.4, 0.5) is 0 Å². The van der Waals surface area contributed by atoms with Gasteiger partial charge in [0, 0.05) is 39.8 Å². The van der Waals surface area contributed by atoms with Crippen LogP contribution in [0.2, 0.25) is 0 Å². The van der Waals surface area contributed by atoms with Crippen LogP contribution in [0.25, 0.3) is 0 Å². The average Bonchev–Trinajstić information content (AvgIpc) is 2.55. The molecule has 24 heavy (non-hydrogen) atoms. The first-order valence-electron chi connectivity index (χ1n) is 7.68. The Morgan fingerprint density at radius 2 is 1.83 bits per heavy atom. The highest BCUT2D eigenvalue weighted by Crippen LogP contribution is 2.11. The number of ether oxygens (including phenoxy) is 2. The van der Waals surface area contributed by atoms with Crippen molar-refractivity contribution in [3.05, 3.63) is 29.8 Å². The van der Waals surface area contributed by atoms with Crippen molar-refractivity contribution in [2.75, 3.05) is 53.0 Å². The fraction of sp³-hybridized carbons (Fsp3) is 0.562. The number of hydrogen-bond acceptors (Lipinski definition) is 5. The fourth-order valence-electron chi connectivity index (χ4n) is 2.28. The zero-order valence-corrected chi connectivity index (χ0v) is 15.6. The highest BCUT2D eigenvalue weighted by molar-refractivity contribution is 5.85. The van der Waals surface area contributed by atoms with Crippen molar-refractivity contribution >= 4 is 30.7 Å². The highest BCUT2D eigenvalue weighted by Gasteiger charge is 2.12. The summed E-state index contributed by atoms with van der Waals surface area (Å²) in [4.78, 5) is 14.1. The summed E-state index contributed by atoms with van der Waals surface area (Å²) >= 11 is 0. The predicted molar refractivity (Wildman–Crippen MR) is 99.5 cm³/mol. The molecule has 0 spiro atoms. The van der Waals surface area contributed by atoms with Crippen molar-refractivity contribution in [3.63, 3.8) is 0 Å². The minimum absolute atomic E-state index is 0. The van der Waals surface area contributed by atoms with Gasteiger partial charge in [0.15, 0.2) is 0 Å². The Morgan fingerprint density at radius 1 is 1.17 bits per heavy atom. The maximum Gasteiger partial charge on any atom is 0.234 e. The molecule has 1 aromatic rings. The molecule has 8 heteroatoms. The molecule has 138 valence electrons. The Morgan fingerprint density at radius 3 is 2.46 bits per heavy atom. The number of nitrogens with one attached hydrogen (secondary N) is 2. The lowest BCUT2D eigenvalue weighted by Crippen LogP contribution is -2.47. The molecule has 0 aliphatic carbocycles. The normalized spacial score (nSPS) is 14.2. The number of methoxy groups -OCH3 is 1. The standard InChI is InChI=1S/C16H25N3O3.2ClH/c1-21-10-11-22-15-4-2-14(3-5-15)12-18-16(20)13-19-8-6-17-7-9-19;;/h2-5,17H,6-13H2,1H3,(H,18,20);2*1H. The van der Waals surface area contributed by atoms with E-state index in [4.69, 9.17) is 9.47 Å². The minimum Gasteiger partial charge on any atom is -0.491 e. The summed E-state index contributed by atoms with van der Waals surface area (Å²) in [6.07, 6.45) is 0. The van der Waals surface area contributed by atoms with Crippen molar-refractivity contribution in [1.82, 2.24) is 15.5 Å². The van der Waals surface area contributed by atoms with E-state index in [2.05, 4.69) is 15.5 Å². The lowest BCUT2D eigenvalue weighted by molar-refractivity contribution is -0.122. The van der Waals surface area contributed by atoms with E-state index in [9.17, 15) is 4.79 Å². The number of hydrogen-bond donors (Lipinski definition) is 2. The van der Waals surface area contributed by atoms with E-state index in [1.165, 1.54) is 0 Å². The number of carbonyl (C=O) groups excluding carboxylic acids is 1. The molecule has 2 rings (SSSR count). The van der Waals surface area contributed by atoms with Crippen LogP contribution < -0.4 is 15.4 Å². The molecule has 1 saturated heterocycles. The number of carbonyl (C=O) groups is 1. The molecule has 0 bridgehead atoms. The molecule has 0 saturated carbocycles. The Hall–Kier alpha value is -1.05. The third-order valence-electron chi connectivity index (χ3n) is 3.55. The van der Waals surface area contributed by atoms with E-state index in [0.29, 0.717) is 26.3 Å². The van der Waals surface area contributed by atoms with Gasteiger partial charge in [-0.15, -0.1) is 24.8 Å². The van der Waals surface area contributed by atoms with Crippen LogP contribution in [-0.2, 0) is 16.1 Å². The number of nitrogens with zero attached hydrogens (tertiary/aromatic N) is 1. The fourth-order valence-corrected chi connectivity index (χ4v) is 2.28. The van der Waals surface area contributed by atoms with Gasteiger partial charge >= 0.3 is 0 Å². The lowest BCUT2D eigenvalue weighted by Gasteiger charge is -2.26. The summed E-state index contributed by atoms with van der Waals surface area (Å²) in [7, 11) is 1.65. The van der Waals surface area contributed by atoms with Gasteiger partial charge < -0.3 is 20.1 Å². The molecule has 0 atom stereocenters. The molecule has 1 heterocycles.